The third-order valence-corrected chi connectivity index (χ3v) is 9.35. The second-order valence-corrected chi connectivity index (χ2v) is 14.0. The fourth-order valence-corrected chi connectivity index (χ4v) is 6.60. The van der Waals surface area contributed by atoms with Gasteiger partial charge in [0.05, 0.1) is 22.7 Å². The van der Waals surface area contributed by atoms with Gasteiger partial charge in [0.2, 0.25) is 17.2 Å². The third-order valence-electron chi connectivity index (χ3n) is 9.18. The summed E-state index contributed by atoms with van der Waals surface area (Å²) in [6.45, 7) is 7.61. The Morgan fingerprint density at radius 2 is 1.05 bits per heavy atom. The van der Waals surface area contributed by atoms with E-state index in [-0.39, 0.29) is 17.2 Å². The van der Waals surface area contributed by atoms with Crippen molar-refractivity contribution in [2.45, 2.75) is 27.7 Å². The molecule has 16 heteroatoms. The SMILES string of the molecule is Cc1ccc2c(N=Nc3ccc(Nc4nc(Cl)nc(Nc5cccc(-c6nc(C)no6)c5)n4)c4ccc(C)cc34)ccc(N=Nc3cccc(-c4nc(C)no4)c3)c2c1. The molecule has 0 saturated heterocycles. The summed E-state index contributed by atoms with van der Waals surface area (Å²) in [7, 11) is 0. The number of nitrogens with zero attached hydrogens (tertiary/aromatic N) is 11. The van der Waals surface area contributed by atoms with Crippen LogP contribution in [-0.4, -0.2) is 35.2 Å². The number of rotatable bonds is 10. The van der Waals surface area contributed by atoms with Crippen LogP contribution in [0.3, 0.4) is 0 Å². The topological polar surface area (TPSA) is 190 Å². The Morgan fingerprint density at radius 1 is 0.492 bits per heavy atom. The van der Waals surface area contributed by atoms with E-state index in [2.05, 4.69) is 68.2 Å². The van der Waals surface area contributed by atoms with Gasteiger partial charge in [0, 0.05) is 44.0 Å². The van der Waals surface area contributed by atoms with Crippen LogP contribution in [0.1, 0.15) is 22.8 Å². The minimum Gasteiger partial charge on any atom is -0.334 e. The maximum absolute atomic E-state index is 6.39. The summed E-state index contributed by atoms with van der Waals surface area (Å²) < 4.78 is 10.7. The van der Waals surface area contributed by atoms with E-state index in [0.717, 1.165) is 49.5 Å². The molecule has 9 rings (SSSR count). The highest BCUT2D eigenvalue weighted by Gasteiger charge is 2.14. The molecular weight excluding hydrogens is 766 g/mol. The molecule has 0 bridgehead atoms. The second kappa shape index (κ2) is 15.6. The zero-order valence-corrected chi connectivity index (χ0v) is 32.8. The number of anilines is 4. The molecule has 0 unspecified atom stereocenters. The van der Waals surface area contributed by atoms with Crippen LogP contribution in [0.4, 0.5) is 46.0 Å². The van der Waals surface area contributed by atoms with E-state index in [4.69, 9.17) is 30.9 Å². The van der Waals surface area contributed by atoms with Gasteiger partial charge in [0.25, 0.3) is 11.8 Å². The minimum atomic E-state index is 0.0128. The van der Waals surface area contributed by atoms with Gasteiger partial charge in [0.1, 0.15) is 0 Å². The van der Waals surface area contributed by atoms with Gasteiger partial charge in [0.15, 0.2) is 11.6 Å². The number of hydrogen-bond donors (Lipinski definition) is 2. The smallest absolute Gasteiger partial charge is 0.257 e. The lowest BCUT2D eigenvalue weighted by molar-refractivity contribution is 0.425. The first-order valence-corrected chi connectivity index (χ1v) is 18.8. The summed E-state index contributed by atoms with van der Waals surface area (Å²) in [5.74, 6) is 2.44. The Balaban J connectivity index is 0.987. The van der Waals surface area contributed by atoms with Crippen LogP contribution in [0.15, 0.2) is 139 Å². The summed E-state index contributed by atoms with van der Waals surface area (Å²) in [6.07, 6.45) is 0. The highest BCUT2D eigenvalue weighted by Crippen LogP contribution is 2.39. The third kappa shape index (κ3) is 8.08. The summed E-state index contributed by atoms with van der Waals surface area (Å²) in [5, 5.41) is 36.6. The summed E-state index contributed by atoms with van der Waals surface area (Å²) >= 11 is 6.39. The average molecular weight is 798 g/mol. The van der Waals surface area contributed by atoms with E-state index < -0.39 is 0 Å². The maximum atomic E-state index is 6.39. The number of halogens is 1. The maximum Gasteiger partial charge on any atom is 0.257 e. The molecule has 0 fully saturated rings. The molecule has 0 aliphatic rings. The molecule has 0 aliphatic heterocycles. The first-order chi connectivity index (χ1) is 28.7. The van der Waals surface area contributed by atoms with Crippen molar-refractivity contribution in [2.24, 2.45) is 20.5 Å². The van der Waals surface area contributed by atoms with Gasteiger partial charge in [-0.2, -0.15) is 30.0 Å². The molecule has 0 spiro atoms. The van der Waals surface area contributed by atoms with Gasteiger partial charge in [-0.25, -0.2) is 0 Å². The van der Waals surface area contributed by atoms with E-state index in [9.17, 15) is 0 Å². The number of azo groups is 2. The molecule has 3 aromatic heterocycles. The van der Waals surface area contributed by atoms with Crippen molar-refractivity contribution >= 4 is 79.2 Å². The van der Waals surface area contributed by atoms with E-state index in [0.29, 0.717) is 51.9 Å². The van der Waals surface area contributed by atoms with Crippen molar-refractivity contribution in [3.63, 3.8) is 0 Å². The zero-order valence-electron chi connectivity index (χ0n) is 32.0. The second-order valence-electron chi connectivity index (χ2n) is 13.7. The normalized spacial score (nSPS) is 11.7. The number of fused-ring (bicyclic) bond motifs is 2. The first kappa shape index (κ1) is 36.8. The monoisotopic (exact) mass is 797 g/mol. The van der Waals surface area contributed by atoms with Crippen molar-refractivity contribution in [2.75, 3.05) is 10.6 Å². The van der Waals surface area contributed by atoms with Crippen molar-refractivity contribution < 1.29 is 9.05 Å². The molecule has 15 nitrogen and oxygen atoms in total. The van der Waals surface area contributed by atoms with E-state index in [1.165, 1.54) is 0 Å². The lowest BCUT2D eigenvalue weighted by Crippen LogP contribution is -2.04. The lowest BCUT2D eigenvalue weighted by atomic mass is 10.0. The standard InChI is InChI=1S/C43H32ClN13O2/c1-23-11-13-31-33(19-23)38(16-15-35(31)48-43-50-41(44)49-42(51-43)47-29-9-5-7-27(21-29)39-45-25(3)56-58-39)55-54-36-17-18-37(34-20-24(2)12-14-32(34)36)53-52-30-10-6-8-28(22-30)40-46-26(4)57-59-40/h5-22H,1-4H3,(H2,47,48,49,50,51). The number of nitrogens with one attached hydrogen (secondary N) is 2. The lowest BCUT2D eigenvalue weighted by Gasteiger charge is -2.12. The predicted molar refractivity (Wildman–Crippen MR) is 226 cm³/mol. The van der Waals surface area contributed by atoms with Crippen LogP contribution < -0.4 is 10.6 Å². The van der Waals surface area contributed by atoms with Crippen molar-refractivity contribution in [1.82, 2.24) is 35.2 Å². The number of hydrogen-bond acceptors (Lipinski definition) is 15. The molecule has 9 aromatic rings. The Morgan fingerprint density at radius 3 is 1.71 bits per heavy atom. The highest BCUT2D eigenvalue weighted by molar-refractivity contribution is 6.28. The molecule has 3 heterocycles. The van der Waals surface area contributed by atoms with E-state index >= 15 is 0 Å². The molecule has 6 aromatic carbocycles. The van der Waals surface area contributed by atoms with Crippen LogP contribution in [0.2, 0.25) is 5.28 Å². The molecule has 0 amide bonds. The Bertz CT molecular complexity index is 3100. The van der Waals surface area contributed by atoms with Gasteiger partial charge in [-0.1, -0.05) is 57.8 Å². The average Bonchev–Trinajstić information content (AvgIpc) is 3.88. The Hall–Kier alpha value is -7.78. The van der Waals surface area contributed by atoms with Crippen LogP contribution >= 0.6 is 11.6 Å². The summed E-state index contributed by atoms with van der Waals surface area (Å²) in [6, 6.07) is 34.8. The molecule has 0 saturated carbocycles. The molecule has 2 N–H and O–H groups in total. The van der Waals surface area contributed by atoms with Crippen LogP contribution in [-0.2, 0) is 0 Å². The van der Waals surface area contributed by atoms with Crippen LogP contribution in [0.5, 0.6) is 0 Å². The molecule has 59 heavy (non-hydrogen) atoms. The molecular formula is C43H32ClN13O2. The summed E-state index contributed by atoms with van der Waals surface area (Å²) in [4.78, 5) is 21.9. The van der Waals surface area contributed by atoms with Crippen LogP contribution in [0.25, 0.3) is 44.5 Å². The quantitative estimate of drug-likeness (QED) is 0.125. The van der Waals surface area contributed by atoms with Gasteiger partial charge in [-0.05, 0) is 112 Å². The van der Waals surface area contributed by atoms with Crippen molar-refractivity contribution in [3.8, 4) is 22.9 Å². The fourth-order valence-electron chi connectivity index (χ4n) is 6.44. The Kier molecular flexibility index (Phi) is 9.76. The molecule has 0 radical (unpaired) electrons. The van der Waals surface area contributed by atoms with E-state index in [1.54, 1.807) is 13.8 Å². The van der Waals surface area contributed by atoms with E-state index in [1.807, 2.05) is 111 Å². The zero-order chi connectivity index (χ0) is 40.5. The minimum absolute atomic E-state index is 0.0128. The number of benzene rings is 6. The Labute approximate surface area is 341 Å². The van der Waals surface area contributed by atoms with Gasteiger partial charge < -0.3 is 19.7 Å². The van der Waals surface area contributed by atoms with Crippen molar-refractivity contribution in [3.05, 3.63) is 137 Å². The van der Waals surface area contributed by atoms with Gasteiger partial charge in [-0.15, -0.1) is 15.3 Å². The predicted octanol–water partition coefficient (Wildman–Crippen LogP) is 12.5. The summed E-state index contributed by atoms with van der Waals surface area (Å²) in [5.41, 5.74) is 7.80. The van der Waals surface area contributed by atoms with Gasteiger partial charge >= 0.3 is 0 Å². The van der Waals surface area contributed by atoms with Crippen molar-refractivity contribution in [1.29, 1.82) is 0 Å². The molecule has 0 aliphatic carbocycles. The fraction of sp³-hybridized carbons (Fsp3) is 0.0930. The van der Waals surface area contributed by atoms with Crippen LogP contribution in [0, 0.1) is 27.7 Å². The number of aromatic nitrogens is 7. The highest BCUT2D eigenvalue weighted by atomic mass is 35.5. The molecule has 0 atom stereocenters. The molecule has 288 valence electrons. The number of aryl methyl sites for hydroxylation is 4. The van der Waals surface area contributed by atoms with Gasteiger partial charge in [-0.3, -0.25) is 0 Å². The first-order valence-electron chi connectivity index (χ1n) is 18.4. The largest absolute Gasteiger partial charge is 0.334 e.